The highest BCUT2D eigenvalue weighted by atomic mass is 16.5. The van der Waals surface area contributed by atoms with Crippen LogP contribution >= 0.6 is 0 Å². The van der Waals surface area contributed by atoms with Gasteiger partial charge in [-0.05, 0) is 25.3 Å². The van der Waals surface area contributed by atoms with E-state index in [0.717, 1.165) is 12.8 Å². The van der Waals surface area contributed by atoms with E-state index in [1.54, 1.807) is 0 Å². The number of methoxy groups -OCH3 is 1. The Morgan fingerprint density at radius 3 is 2.33 bits per heavy atom. The van der Waals surface area contributed by atoms with Crippen LogP contribution in [0.5, 0.6) is 0 Å². The molecule has 1 aliphatic rings. The van der Waals surface area contributed by atoms with Crippen molar-refractivity contribution < 1.29 is 9.53 Å². The van der Waals surface area contributed by atoms with Gasteiger partial charge in [0, 0.05) is 11.6 Å². The minimum Gasteiger partial charge on any atom is -0.469 e. The van der Waals surface area contributed by atoms with Gasteiger partial charge in [-0.2, -0.15) is 0 Å². The molecule has 2 unspecified atom stereocenters. The summed E-state index contributed by atoms with van der Waals surface area (Å²) in [6.07, 6.45) is 5.70. The maximum Gasteiger partial charge on any atom is 0.310 e. The first kappa shape index (κ1) is 16.0. The van der Waals surface area contributed by atoms with Crippen LogP contribution in [-0.4, -0.2) is 18.6 Å². The molecule has 3 nitrogen and oxygen atoms in total. The fourth-order valence-electron chi connectivity index (χ4n) is 3.54. The van der Waals surface area contributed by atoms with E-state index in [2.05, 4.69) is 36.5 Å². The number of benzene rings is 1. The van der Waals surface area contributed by atoms with Crippen molar-refractivity contribution in [1.29, 1.82) is 0 Å². The van der Waals surface area contributed by atoms with Gasteiger partial charge in [0.25, 0.3) is 0 Å². The Morgan fingerprint density at radius 1 is 1.14 bits per heavy atom. The summed E-state index contributed by atoms with van der Waals surface area (Å²) in [5.41, 5.74) is 1.13. The molecule has 0 spiro atoms. The van der Waals surface area contributed by atoms with Crippen LogP contribution in [0.4, 0.5) is 0 Å². The highest BCUT2D eigenvalue weighted by Crippen LogP contribution is 2.37. The Hall–Kier alpha value is -1.35. The van der Waals surface area contributed by atoms with Crippen LogP contribution in [0.2, 0.25) is 0 Å². The van der Waals surface area contributed by atoms with Crippen molar-refractivity contribution >= 4 is 5.97 Å². The van der Waals surface area contributed by atoms with Crippen molar-refractivity contribution in [3.8, 4) is 0 Å². The van der Waals surface area contributed by atoms with Crippen molar-refractivity contribution in [2.24, 2.45) is 5.92 Å². The molecule has 1 N–H and O–H groups in total. The summed E-state index contributed by atoms with van der Waals surface area (Å²) in [7, 11) is 1.48. The molecule has 0 saturated heterocycles. The van der Waals surface area contributed by atoms with Gasteiger partial charge in [-0.3, -0.25) is 4.79 Å². The van der Waals surface area contributed by atoms with E-state index in [1.807, 2.05) is 13.0 Å². The third-order valence-corrected chi connectivity index (χ3v) is 4.93. The lowest BCUT2D eigenvalue weighted by atomic mass is 9.72. The van der Waals surface area contributed by atoms with E-state index < -0.39 is 0 Å². The Morgan fingerprint density at radius 2 is 1.76 bits per heavy atom. The fourth-order valence-corrected chi connectivity index (χ4v) is 3.54. The van der Waals surface area contributed by atoms with Crippen molar-refractivity contribution in [3.05, 3.63) is 35.9 Å². The van der Waals surface area contributed by atoms with E-state index in [9.17, 15) is 4.79 Å². The molecule has 0 radical (unpaired) electrons. The molecule has 1 saturated carbocycles. The second-order valence-corrected chi connectivity index (χ2v) is 6.24. The zero-order valence-electron chi connectivity index (χ0n) is 13.4. The maximum atomic E-state index is 12.1. The highest BCUT2D eigenvalue weighted by molar-refractivity contribution is 5.73. The predicted octanol–water partition coefficient (Wildman–Crippen LogP) is 3.85. The minimum absolute atomic E-state index is 0.107. The van der Waals surface area contributed by atoms with Crippen molar-refractivity contribution in [2.45, 2.75) is 57.5 Å². The van der Waals surface area contributed by atoms with Gasteiger partial charge in [0.05, 0.1) is 13.0 Å². The van der Waals surface area contributed by atoms with Crippen molar-refractivity contribution in [3.63, 3.8) is 0 Å². The SMILES string of the molecule is COC(=O)C(C)C1(NC(C)c2ccccc2)CCCCC1. The molecule has 1 aromatic rings. The molecule has 1 aromatic carbocycles. The molecule has 2 rings (SSSR count). The molecule has 1 fully saturated rings. The second kappa shape index (κ2) is 7.08. The average Bonchev–Trinajstić information content (AvgIpc) is 2.55. The number of hydrogen-bond donors (Lipinski definition) is 1. The average molecular weight is 289 g/mol. The van der Waals surface area contributed by atoms with Gasteiger partial charge in [0.1, 0.15) is 0 Å². The number of ether oxygens (including phenoxy) is 1. The normalized spacial score (nSPS) is 20.5. The van der Waals surface area contributed by atoms with E-state index in [4.69, 9.17) is 4.74 Å². The molecule has 21 heavy (non-hydrogen) atoms. The lowest BCUT2D eigenvalue weighted by Gasteiger charge is -2.44. The van der Waals surface area contributed by atoms with Crippen molar-refractivity contribution in [2.75, 3.05) is 7.11 Å². The van der Waals surface area contributed by atoms with E-state index in [-0.39, 0.29) is 23.5 Å². The summed E-state index contributed by atoms with van der Waals surface area (Å²) in [6.45, 7) is 4.18. The van der Waals surface area contributed by atoms with Crippen LogP contribution in [0, 0.1) is 5.92 Å². The zero-order valence-corrected chi connectivity index (χ0v) is 13.4. The maximum absolute atomic E-state index is 12.1. The second-order valence-electron chi connectivity index (χ2n) is 6.24. The summed E-state index contributed by atoms with van der Waals surface area (Å²) >= 11 is 0. The first-order chi connectivity index (χ1) is 10.1. The molecule has 3 heteroatoms. The standard InChI is InChI=1S/C18H27NO2/c1-14(17(20)21-3)18(12-8-5-9-13-18)19-15(2)16-10-6-4-7-11-16/h4,6-7,10-11,14-15,19H,5,8-9,12-13H2,1-3H3. The quantitative estimate of drug-likeness (QED) is 0.837. The Labute approximate surface area is 128 Å². The molecule has 0 heterocycles. The highest BCUT2D eigenvalue weighted by Gasteiger charge is 2.42. The minimum atomic E-state index is -0.138. The van der Waals surface area contributed by atoms with Gasteiger partial charge in [-0.15, -0.1) is 0 Å². The third kappa shape index (κ3) is 3.65. The monoisotopic (exact) mass is 289 g/mol. The molecule has 0 aromatic heterocycles. The molecular formula is C18H27NO2. The number of rotatable bonds is 5. The van der Waals surface area contributed by atoms with Crippen LogP contribution in [0.1, 0.15) is 57.6 Å². The summed E-state index contributed by atoms with van der Waals surface area (Å²) in [5, 5.41) is 3.76. The fraction of sp³-hybridized carbons (Fsp3) is 0.611. The van der Waals surface area contributed by atoms with Crippen LogP contribution < -0.4 is 5.32 Å². The molecule has 0 bridgehead atoms. The summed E-state index contributed by atoms with van der Waals surface area (Å²) in [6, 6.07) is 10.7. The lowest BCUT2D eigenvalue weighted by molar-refractivity contribution is -0.148. The number of carbonyl (C=O) groups excluding carboxylic acids is 1. The van der Waals surface area contributed by atoms with E-state index >= 15 is 0 Å². The van der Waals surface area contributed by atoms with Gasteiger partial charge >= 0.3 is 5.97 Å². The van der Waals surface area contributed by atoms with Crippen LogP contribution in [0.3, 0.4) is 0 Å². The summed E-state index contributed by atoms with van der Waals surface area (Å²) < 4.78 is 5.00. The third-order valence-electron chi connectivity index (χ3n) is 4.93. The van der Waals surface area contributed by atoms with Crippen LogP contribution in [0.25, 0.3) is 0 Å². The topological polar surface area (TPSA) is 38.3 Å². The number of carbonyl (C=O) groups is 1. The zero-order chi connectivity index (χ0) is 15.3. The summed E-state index contributed by atoms with van der Waals surface area (Å²) in [5.74, 6) is -0.223. The molecular weight excluding hydrogens is 262 g/mol. The lowest BCUT2D eigenvalue weighted by Crippen LogP contribution is -2.55. The Kier molecular flexibility index (Phi) is 5.40. The smallest absolute Gasteiger partial charge is 0.310 e. The number of esters is 1. The Balaban J connectivity index is 2.18. The van der Waals surface area contributed by atoms with Crippen LogP contribution in [-0.2, 0) is 9.53 Å². The van der Waals surface area contributed by atoms with Gasteiger partial charge in [-0.25, -0.2) is 0 Å². The van der Waals surface area contributed by atoms with E-state index in [0.29, 0.717) is 0 Å². The molecule has 0 amide bonds. The number of hydrogen-bond acceptors (Lipinski definition) is 3. The van der Waals surface area contributed by atoms with Crippen LogP contribution in [0.15, 0.2) is 30.3 Å². The van der Waals surface area contributed by atoms with Crippen molar-refractivity contribution in [1.82, 2.24) is 5.32 Å². The first-order valence-electron chi connectivity index (χ1n) is 7.99. The molecule has 0 aliphatic heterocycles. The van der Waals surface area contributed by atoms with Gasteiger partial charge in [0.15, 0.2) is 0 Å². The van der Waals surface area contributed by atoms with Gasteiger partial charge in [-0.1, -0.05) is 56.5 Å². The summed E-state index contributed by atoms with van der Waals surface area (Å²) in [4.78, 5) is 12.1. The largest absolute Gasteiger partial charge is 0.469 e. The molecule has 2 atom stereocenters. The first-order valence-corrected chi connectivity index (χ1v) is 7.99. The number of nitrogens with one attached hydrogen (secondary N) is 1. The molecule has 116 valence electrons. The predicted molar refractivity (Wildman–Crippen MR) is 85.0 cm³/mol. The van der Waals surface area contributed by atoms with Gasteiger partial charge in [0.2, 0.25) is 0 Å². The van der Waals surface area contributed by atoms with E-state index in [1.165, 1.54) is 31.9 Å². The van der Waals surface area contributed by atoms with Gasteiger partial charge < -0.3 is 10.1 Å². The Bertz CT molecular complexity index is 452. The molecule has 1 aliphatic carbocycles.